The molecule has 2 aromatic rings. The topological polar surface area (TPSA) is 39.4 Å². The highest BCUT2D eigenvalue weighted by atomic mass is 16.5. The largest absolute Gasteiger partial charge is 0.469 e. The second-order valence-electron chi connectivity index (χ2n) is 4.77. The molecule has 3 heteroatoms. The summed E-state index contributed by atoms with van der Waals surface area (Å²) < 4.78 is 10.6. The summed E-state index contributed by atoms with van der Waals surface area (Å²) in [7, 11) is 1.42. The van der Waals surface area contributed by atoms with Crippen molar-refractivity contribution in [2.75, 3.05) is 7.11 Å². The van der Waals surface area contributed by atoms with E-state index in [2.05, 4.69) is 29.0 Å². The van der Waals surface area contributed by atoms with Crippen molar-refractivity contribution in [2.45, 2.75) is 25.7 Å². The van der Waals surface area contributed by atoms with Crippen molar-refractivity contribution in [3.63, 3.8) is 0 Å². The molecule has 19 heavy (non-hydrogen) atoms. The number of para-hydroxylation sites is 1. The molecule has 3 nitrogen and oxygen atoms in total. The standard InChI is InChI=1S/C16H16O3/c1-18-15(17)10-3-6-11-5-2-8-13-12-7-4-9-14(12)19-16(11)13/h2,4-5,8-9H,3,6-7,10H2,1H3. The van der Waals surface area contributed by atoms with Crippen molar-refractivity contribution in [3.05, 3.63) is 41.2 Å². The van der Waals surface area contributed by atoms with Crippen LogP contribution in [0.5, 0.6) is 0 Å². The Bertz CT molecular complexity index is 649. The molecule has 0 saturated carbocycles. The smallest absolute Gasteiger partial charge is 0.305 e. The molecular formula is C16H16O3. The number of furan rings is 1. The van der Waals surface area contributed by atoms with Crippen molar-refractivity contribution < 1.29 is 13.9 Å². The van der Waals surface area contributed by atoms with Gasteiger partial charge in [0.1, 0.15) is 11.3 Å². The van der Waals surface area contributed by atoms with Crippen LogP contribution in [-0.4, -0.2) is 13.1 Å². The van der Waals surface area contributed by atoms with E-state index in [0.29, 0.717) is 6.42 Å². The molecule has 0 spiro atoms. The van der Waals surface area contributed by atoms with E-state index in [1.165, 1.54) is 23.6 Å². The highest BCUT2D eigenvalue weighted by molar-refractivity contribution is 5.88. The molecule has 1 aromatic heterocycles. The molecule has 1 aliphatic carbocycles. The Hall–Kier alpha value is -2.03. The quantitative estimate of drug-likeness (QED) is 0.786. The highest BCUT2D eigenvalue weighted by Crippen LogP contribution is 2.33. The Morgan fingerprint density at radius 3 is 3.16 bits per heavy atom. The van der Waals surface area contributed by atoms with Crippen LogP contribution in [0.3, 0.4) is 0 Å². The first-order chi connectivity index (χ1) is 9.29. The molecule has 0 saturated heterocycles. The molecule has 0 aliphatic heterocycles. The van der Waals surface area contributed by atoms with Gasteiger partial charge in [-0.05, 0) is 30.9 Å². The summed E-state index contributed by atoms with van der Waals surface area (Å²) in [4.78, 5) is 11.1. The van der Waals surface area contributed by atoms with Gasteiger partial charge in [-0.15, -0.1) is 0 Å². The van der Waals surface area contributed by atoms with Crippen LogP contribution in [0.2, 0.25) is 0 Å². The van der Waals surface area contributed by atoms with Gasteiger partial charge in [-0.2, -0.15) is 0 Å². The molecule has 0 N–H and O–H groups in total. The van der Waals surface area contributed by atoms with Crippen LogP contribution in [-0.2, 0) is 22.4 Å². The van der Waals surface area contributed by atoms with E-state index in [-0.39, 0.29) is 5.97 Å². The van der Waals surface area contributed by atoms with Gasteiger partial charge in [0.05, 0.1) is 7.11 Å². The number of methoxy groups -OCH3 is 1. The van der Waals surface area contributed by atoms with Crippen molar-refractivity contribution in [2.24, 2.45) is 0 Å². The number of benzene rings is 1. The average molecular weight is 256 g/mol. The molecule has 0 fully saturated rings. The van der Waals surface area contributed by atoms with E-state index < -0.39 is 0 Å². The molecule has 1 aromatic carbocycles. The lowest BCUT2D eigenvalue weighted by Crippen LogP contribution is -2.00. The molecule has 3 rings (SSSR count). The number of fused-ring (bicyclic) bond motifs is 3. The van der Waals surface area contributed by atoms with Gasteiger partial charge in [-0.1, -0.05) is 24.3 Å². The van der Waals surface area contributed by atoms with E-state index in [9.17, 15) is 4.79 Å². The molecule has 1 heterocycles. The number of hydrogen-bond donors (Lipinski definition) is 0. The van der Waals surface area contributed by atoms with Crippen LogP contribution in [0, 0.1) is 0 Å². The first-order valence-electron chi connectivity index (χ1n) is 6.56. The van der Waals surface area contributed by atoms with E-state index in [1.807, 2.05) is 6.08 Å². The third-order valence-electron chi connectivity index (χ3n) is 3.58. The molecule has 1 aliphatic rings. The van der Waals surface area contributed by atoms with Crippen LogP contribution in [0.1, 0.15) is 29.7 Å². The Balaban J connectivity index is 1.84. The van der Waals surface area contributed by atoms with Gasteiger partial charge in [-0.3, -0.25) is 4.79 Å². The molecule has 0 atom stereocenters. The van der Waals surface area contributed by atoms with Crippen molar-refractivity contribution in [3.8, 4) is 0 Å². The Kier molecular flexibility index (Phi) is 3.11. The van der Waals surface area contributed by atoms with Gasteiger partial charge in [0, 0.05) is 17.4 Å². The Morgan fingerprint density at radius 2 is 2.32 bits per heavy atom. The van der Waals surface area contributed by atoms with E-state index in [4.69, 9.17) is 4.42 Å². The predicted molar refractivity (Wildman–Crippen MR) is 73.9 cm³/mol. The lowest BCUT2D eigenvalue weighted by molar-refractivity contribution is -0.140. The fourth-order valence-electron chi connectivity index (χ4n) is 2.60. The summed E-state index contributed by atoms with van der Waals surface area (Å²) in [5.74, 6) is 0.826. The Labute approximate surface area is 111 Å². The first-order valence-corrected chi connectivity index (χ1v) is 6.56. The minimum absolute atomic E-state index is 0.156. The van der Waals surface area contributed by atoms with Gasteiger partial charge >= 0.3 is 5.97 Å². The maximum atomic E-state index is 11.1. The lowest BCUT2D eigenvalue weighted by atomic mass is 10.0. The van der Waals surface area contributed by atoms with Crippen LogP contribution in [0.25, 0.3) is 17.0 Å². The minimum atomic E-state index is -0.156. The maximum Gasteiger partial charge on any atom is 0.305 e. The van der Waals surface area contributed by atoms with Crippen LogP contribution >= 0.6 is 0 Å². The third kappa shape index (κ3) is 2.16. The SMILES string of the molecule is COC(=O)CCCc1cccc2c3c(oc12)C=CC3. The number of aryl methyl sites for hydroxylation is 1. The summed E-state index contributed by atoms with van der Waals surface area (Å²) in [5, 5.41) is 1.20. The molecule has 0 amide bonds. The minimum Gasteiger partial charge on any atom is -0.469 e. The van der Waals surface area contributed by atoms with Crippen molar-refractivity contribution >= 4 is 23.0 Å². The van der Waals surface area contributed by atoms with Crippen molar-refractivity contribution in [1.29, 1.82) is 0 Å². The maximum absolute atomic E-state index is 11.1. The lowest BCUT2D eigenvalue weighted by Gasteiger charge is -2.02. The first kappa shape index (κ1) is 12.0. The zero-order chi connectivity index (χ0) is 13.2. The number of esters is 1. The summed E-state index contributed by atoms with van der Waals surface area (Å²) in [6.45, 7) is 0. The normalized spacial score (nSPS) is 12.9. The average Bonchev–Trinajstić information content (AvgIpc) is 2.99. The fourth-order valence-corrected chi connectivity index (χ4v) is 2.60. The monoisotopic (exact) mass is 256 g/mol. The summed E-state index contributed by atoms with van der Waals surface area (Å²) in [6.07, 6.45) is 7.18. The second-order valence-corrected chi connectivity index (χ2v) is 4.77. The number of carbonyl (C=O) groups excluding carboxylic acids is 1. The number of rotatable bonds is 4. The van der Waals surface area contributed by atoms with Crippen LogP contribution in [0.4, 0.5) is 0 Å². The third-order valence-corrected chi connectivity index (χ3v) is 3.58. The van der Waals surface area contributed by atoms with Crippen LogP contribution < -0.4 is 0 Å². The van der Waals surface area contributed by atoms with Gasteiger partial charge < -0.3 is 9.15 Å². The number of ether oxygens (including phenoxy) is 1. The summed E-state index contributed by atoms with van der Waals surface area (Å²) in [6, 6.07) is 6.24. The van der Waals surface area contributed by atoms with E-state index >= 15 is 0 Å². The van der Waals surface area contributed by atoms with Gasteiger partial charge in [-0.25, -0.2) is 0 Å². The summed E-state index contributed by atoms with van der Waals surface area (Å²) >= 11 is 0. The number of carbonyl (C=O) groups is 1. The fraction of sp³-hybridized carbons (Fsp3) is 0.312. The molecule has 98 valence electrons. The van der Waals surface area contributed by atoms with E-state index in [0.717, 1.165) is 30.6 Å². The van der Waals surface area contributed by atoms with Crippen molar-refractivity contribution in [1.82, 2.24) is 0 Å². The second kappa shape index (κ2) is 4.92. The molecule has 0 unspecified atom stereocenters. The molecule has 0 bridgehead atoms. The van der Waals surface area contributed by atoms with Crippen LogP contribution in [0.15, 0.2) is 28.7 Å². The number of allylic oxidation sites excluding steroid dienone is 1. The van der Waals surface area contributed by atoms with E-state index in [1.54, 1.807) is 0 Å². The zero-order valence-corrected chi connectivity index (χ0v) is 10.9. The predicted octanol–water partition coefficient (Wildman–Crippen LogP) is 3.50. The highest BCUT2D eigenvalue weighted by Gasteiger charge is 2.17. The summed E-state index contributed by atoms with van der Waals surface area (Å²) in [5.41, 5.74) is 3.43. The van der Waals surface area contributed by atoms with Gasteiger partial charge in [0.25, 0.3) is 0 Å². The number of hydrogen-bond acceptors (Lipinski definition) is 3. The zero-order valence-electron chi connectivity index (χ0n) is 10.9. The molecular weight excluding hydrogens is 240 g/mol. The Morgan fingerprint density at radius 1 is 1.42 bits per heavy atom. The van der Waals surface area contributed by atoms with Gasteiger partial charge in [0.15, 0.2) is 0 Å². The van der Waals surface area contributed by atoms with Gasteiger partial charge in [0.2, 0.25) is 0 Å². The molecule has 0 radical (unpaired) electrons.